The third-order valence-corrected chi connectivity index (χ3v) is 9.28. The number of amides is 1. The van der Waals surface area contributed by atoms with Gasteiger partial charge in [-0.1, -0.05) is 111 Å². The number of rotatable bonds is 2. The number of hydrogen-bond acceptors (Lipinski definition) is 2. The zero-order valence-electron chi connectivity index (χ0n) is 21.3. The summed E-state index contributed by atoms with van der Waals surface area (Å²) < 4.78 is 6.06. The second-order valence-corrected chi connectivity index (χ2v) is 11.4. The molecule has 3 nitrogen and oxygen atoms in total. The van der Waals surface area contributed by atoms with Gasteiger partial charge >= 0.3 is 6.09 Å². The van der Waals surface area contributed by atoms with Gasteiger partial charge in [0.1, 0.15) is 5.75 Å². The molecule has 4 aromatic rings. The van der Waals surface area contributed by atoms with E-state index in [1.165, 1.54) is 27.4 Å². The number of ether oxygens (including phenoxy) is 1. The highest BCUT2D eigenvalue weighted by molar-refractivity contribution is 6.93. The molecular formula is C32H28BNO2. The Hall–Kier alpha value is -3.79. The van der Waals surface area contributed by atoms with Gasteiger partial charge in [0.15, 0.2) is 0 Å². The van der Waals surface area contributed by atoms with Crippen LogP contribution in [0.15, 0.2) is 84.3 Å². The molecule has 1 aliphatic carbocycles. The molecule has 0 unspecified atom stereocenters. The van der Waals surface area contributed by atoms with E-state index in [9.17, 15) is 4.79 Å². The summed E-state index contributed by atoms with van der Waals surface area (Å²) in [6, 6.07) is 27.5. The Kier molecular flexibility index (Phi) is 4.13. The van der Waals surface area contributed by atoms with Crippen molar-refractivity contribution in [2.24, 2.45) is 0 Å². The van der Waals surface area contributed by atoms with Gasteiger partial charge < -0.3 is 4.74 Å². The van der Waals surface area contributed by atoms with Crippen molar-refractivity contribution in [2.75, 3.05) is 4.90 Å². The molecule has 1 amide bonds. The SMILES string of the molecule is CC1=C(c2ccccc2)N2C(=O)Oc3ccc4c5c(cc(c2c35)B1c1ccccc1)C(C)(C)C4(C)C. The molecule has 3 aliphatic rings. The van der Waals surface area contributed by atoms with Crippen LogP contribution >= 0.6 is 0 Å². The van der Waals surface area contributed by atoms with Crippen molar-refractivity contribution in [1.29, 1.82) is 0 Å². The van der Waals surface area contributed by atoms with Gasteiger partial charge in [0.2, 0.25) is 6.71 Å². The lowest BCUT2D eigenvalue weighted by Crippen LogP contribution is -2.53. The molecule has 7 rings (SSSR count). The summed E-state index contributed by atoms with van der Waals surface area (Å²) in [4.78, 5) is 15.5. The number of nitrogens with zero attached hydrogens (tertiary/aromatic N) is 1. The van der Waals surface area contributed by atoms with E-state index < -0.39 is 0 Å². The molecule has 0 aromatic heterocycles. The van der Waals surface area contributed by atoms with Gasteiger partial charge in [0, 0.05) is 5.39 Å². The van der Waals surface area contributed by atoms with Crippen LogP contribution in [-0.4, -0.2) is 12.8 Å². The molecule has 0 spiro atoms. The maximum atomic E-state index is 13.7. The molecule has 2 aliphatic heterocycles. The molecule has 36 heavy (non-hydrogen) atoms. The molecule has 0 bridgehead atoms. The predicted octanol–water partition coefficient (Wildman–Crippen LogP) is 6.32. The molecule has 0 atom stereocenters. The first-order chi connectivity index (χ1) is 17.2. The first-order valence-electron chi connectivity index (χ1n) is 12.7. The molecule has 4 heteroatoms. The molecule has 2 heterocycles. The molecule has 4 aromatic carbocycles. The van der Waals surface area contributed by atoms with E-state index in [0.29, 0.717) is 5.75 Å². The number of anilines is 1. The second kappa shape index (κ2) is 6.91. The monoisotopic (exact) mass is 469 g/mol. The zero-order chi connectivity index (χ0) is 25.0. The van der Waals surface area contributed by atoms with Crippen LogP contribution in [0.1, 0.15) is 51.3 Å². The van der Waals surface area contributed by atoms with Gasteiger partial charge in [0.25, 0.3) is 0 Å². The van der Waals surface area contributed by atoms with Gasteiger partial charge in [-0.25, -0.2) is 9.69 Å². The minimum Gasteiger partial charge on any atom is -0.409 e. The maximum Gasteiger partial charge on any atom is 0.424 e. The standard InChI is InChI=1S/C32H28BNO2/c1-19-28(20-12-8-6-9-13-20)34-29-24(33(19)21-14-10-7-11-15-21)18-23-26-22(31(2,3)32(23,4)5)16-17-25(27(26)29)36-30(34)35/h6-18H,1-5H3. The zero-order valence-corrected chi connectivity index (χ0v) is 21.3. The van der Waals surface area contributed by atoms with Crippen molar-refractivity contribution in [3.63, 3.8) is 0 Å². The van der Waals surface area contributed by atoms with Crippen LogP contribution < -0.4 is 20.6 Å². The van der Waals surface area contributed by atoms with Gasteiger partial charge in [-0.05, 0) is 51.4 Å². The summed E-state index contributed by atoms with van der Waals surface area (Å²) in [5, 5.41) is 2.32. The van der Waals surface area contributed by atoms with Gasteiger partial charge in [-0.15, -0.1) is 0 Å². The van der Waals surface area contributed by atoms with Crippen LogP contribution in [0.5, 0.6) is 5.75 Å². The molecule has 176 valence electrons. The molecule has 0 N–H and O–H groups in total. The van der Waals surface area contributed by atoms with Crippen LogP contribution in [0.25, 0.3) is 16.5 Å². The Morgan fingerprint density at radius 3 is 2.11 bits per heavy atom. The van der Waals surface area contributed by atoms with E-state index in [2.05, 4.69) is 89.2 Å². The number of hydrogen-bond donors (Lipinski definition) is 0. The van der Waals surface area contributed by atoms with Crippen LogP contribution in [0.2, 0.25) is 0 Å². The average molecular weight is 469 g/mol. The van der Waals surface area contributed by atoms with Gasteiger partial charge in [-0.3, -0.25) is 0 Å². The van der Waals surface area contributed by atoms with Crippen molar-refractivity contribution in [3.8, 4) is 5.75 Å². The van der Waals surface area contributed by atoms with Crippen molar-refractivity contribution >= 4 is 45.9 Å². The number of carbonyl (C=O) groups is 1. The second-order valence-electron chi connectivity index (χ2n) is 11.4. The predicted molar refractivity (Wildman–Crippen MR) is 149 cm³/mol. The Balaban J connectivity index is 1.67. The van der Waals surface area contributed by atoms with Crippen LogP contribution in [0.3, 0.4) is 0 Å². The summed E-state index contributed by atoms with van der Waals surface area (Å²) in [5.74, 6) is 0.667. The third kappa shape index (κ3) is 2.47. The lowest BCUT2D eigenvalue weighted by Gasteiger charge is -2.40. The highest BCUT2D eigenvalue weighted by Gasteiger charge is 2.51. The molecular weight excluding hydrogens is 441 g/mol. The minimum absolute atomic E-state index is 0.0372. The quantitative estimate of drug-likeness (QED) is 0.322. The Morgan fingerprint density at radius 2 is 1.42 bits per heavy atom. The average Bonchev–Trinajstić information content (AvgIpc) is 3.02. The fraction of sp³-hybridized carbons (Fsp3) is 0.219. The largest absolute Gasteiger partial charge is 0.424 e. The Labute approximate surface area is 212 Å². The summed E-state index contributed by atoms with van der Waals surface area (Å²) in [6.45, 7) is 11.6. The van der Waals surface area contributed by atoms with E-state index in [-0.39, 0.29) is 23.6 Å². The maximum absolute atomic E-state index is 13.7. The Morgan fingerprint density at radius 1 is 0.778 bits per heavy atom. The minimum atomic E-state index is -0.340. The van der Waals surface area contributed by atoms with E-state index in [4.69, 9.17) is 4.74 Å². The van der Waals surface area contributed by atoms with Crippen molar-refractivity contribution in [1.82, 2.24) is 0 Å². The molecule has 0 saturated carbocycles. The summed E-state index contributed by atoms with van der Waals surface area (Å²) in [5.41, 5.74) is 9.02. The lowest BCUT2D eigenvalue weighted by molar-refractivity contribution is 0.210. The number of carbonyl (C=O) groups excluding carboxylic acids is 1. The first kappa shape index (κ1) is 21.5. The van der Waals surface area contributed by atoms with E-state index in [0.717, 1.165) is 27.8 Å². The molecule has 0 radical (unpaired) electrons. The fourth-order valence-electron chi connectivity index (χ4n) is 6.78. The third-order valence-electron chi connectivity index (χ3n) is 9.28. The highest BCUT2D eigenvalue weighted by atomic mass is 16.6. The van der Waals surface area contributed by atoms with Crippen LogP contribution in [0.4, 0.5) is 10.5 Å². The smallest absolute Gasteiger partial charge is 0.409 e. The molecule has 0 saturated heterocycles. The number of allylic oxidation sites excluding steroid dienone is 1. The van der Waals surface area contributed by atoms with Crippen LogP contribution in [0, 0.1) is 0 Å². The number of benzene rings is 4. The van der Waals surface area contributed by atoms with E-state index in [1.54, 1.807) is 0 Å². The van der Waals surface area contributed by atoms with Crippen molar-refractivity contribution < 1.29 is 9.53 Å². The van der Waals surface area contributed by atoms with Crippen LogP contribution in [-0.2, 0) is 10.8 Å². The van der Waals surface area contributed by atoms with E-state index >= 15 is 0 Å². The van der Waals surface area contributed by atoms with Crippen molar-refractivity contribution in [3.05, 3.63) is 101 Å². The molecule has 0 fully saturated rings. The topological polar surface area (TPSA) is 29.5 Å². The normalized spacial score (nSPS) is 18.6. The Bertz CT molecular complexity index is 1630. The summed E-state index contributed by atoms with van der Waals surface area (Å²) >= 11 is 0. The highest BCUT2D eigenvalue weighted by Crippen LogP contribution is 2.58. The first-order valence-corrected chi connectivity index (χ1v) is 12.7. The lowest BCUT2D eigenvalue weighted by atomic mass is 9.34. The van der Waals surface area contributed by atoms with Gasteiger partial charge in [0.05, 0.1) is 11.4 Å². The van der Waals surface area contributed by atoms with E-state index in [1.807, 2.05) is 29.2 Å². The summed E-state index contributed by atoms with van der Waals surface area (Å²) in [7, 11) is 0. The fourth-order valence-corrected chi connectivity index (χ4v) is 6.78. The van der Waals surface area contributed by atoms with Crippen molar-refractivity contribution in [2.45, 2.75) is 45.4 Å². The summed E-state index contributed by atoms with van der Waals surface area (Å²) in [6.07, 6.45) is -0.340. The van der Waals surface area contributed by atoms with Gasteiger partial charge in [-0.2, -0.15) is 0 Å².